The number of rotatable bonds is 1. The number of fused-ring (bicyclic) bond motifs is 5. The lowest BCUT2D eigenvalue weighted by Gasteiger charge is -2.63. The molecule has 0 spiro atoms. The number of ketones is 2. The summed E-state index contributed by atoms with van der Waals surface area (Å²) in [5, 5.41) is 22.3. The van der Waals surface area contributed by atoms with Crippen molar-refractivity contribution in [1.29, 1.82) is 0 Å². The van der Waals surface area contributed by atoms with Gasteiger partial charge in [0.25, 0.3) is 0 Å². The average Bonchev–Trinajstić information content (AvgIpc) is 2.85. The van der Waals surface area contributed by atoms with Gasteiger partial charge in [0.2, 0.25) is 0 Å². The SMILES string of the molecule is CC(=O)[C@@]1(O)CC[C@H]2[C@@H]3C[C@H](C)C4=CC(=O)C=C[C@]4(C)[C@]3(F)[C@@H](O)C[C@@]21C. The number of hydrogen-bond acceptors (Lipinski definition) is 4. The Morgan fingerprint density at radius 3 is 2.59 bits per heavy atom. The number of Topliss-reactive ketones (excluding diaryl/α,β-unsaturated/α-hetero) is 1. The van der Waals surface area contributed by atoms with Gasteiger partial charge in [-0.2, -0.15) is 0 Å². The summed E-state index contributed by atoms with van der Waals surface area (Å²) in [6.45, 7) is 7.01. The maximum Gasteiger partial charge on any atom is 0.178 e. The van der Waals surface area contributed by atoms with E-state index in [-0.39, 0.29) is 29.8 Å². The summed E-state index contributed by atoms with van der Waals surface area (Å²) in [6.07, 6.45) is 4.68. The zero-order valence-electron chi connectivity index (χ0n) is 16.5. The van der Waals surface area contributed by atoms with E-state index < -0.39 is 34.1 Å². The van der Waals surface area contributed by atoms with Gasteiger partial charge in [0.05, 0.1) is 6.10 Å². The lowest BCUT2D eigenvalue weighted by molar-refractivity contribution is -0.219. The van der Waals surface area contributed by atoms with Crippen molar-refractivity contribution in [2.75, 3.05) is 0 Å². The van der Waals surface area contributed by atoms with Crippen LogP contribution in [-0.2, 0) is 9.59 Å². The van der Waals surface area contributed by atoms with Crippen LogP contribution in [0.15, 0.2) is 23.8 Å². The fourth-order valence-corrected chi connectivity index (χ4v) is 7.18. The number of allylic oxidation sites excluding steroid dienone is 4. The molecule has 4 rings (SSSR count). The first kappa shape index (κ1) is 19.0. The predicted octanol–water partition coefficient (Wildman–Crippen LogP) is 2.92. The highest BCUT2D eigenvalue weighted by atomic mass is 19.1. The third-order valence-electron chi connectivity index (χ3n) is 8.70. The Balaban J connectivity index is 1.86. The van der Waals surface area contributed by atoms with Gasteiger partial charge in [-0.25, -0.2) is 4.39 Å². The lowest BCUT2D eigenvalue weighted by atomic mass is 9.43. The molecule has 0 aromatic rings. The van der Waals surface area contributed by atoms with Gasteiger partial charge in [-0.05, 0) is 63.5 Å². The van der Waals surface area contributed by atoms with Crippen LogP contribution >= 0.6 is 0 Å². The minimum atomic E-state index is -1.92. The predicted molar refractivity (Wildman–Crippen MR) is 98.5 cm³/mol. The molecule has 0 aliphatic heterocycles. The number of halogens is 1. The fourth-order valence-electron chi connectivity index (χ4n) is 7.18. The van der Waals surface area contributed by atoms with Crippen LogP contribution in [0.4, 0.5) is 4.39 Å². The number of aliphatic hydroxyl groups excluding tert-OH is 1. The smallest absolute Gasteiger partial charge is 0.178 e. The molecular weight excluding hydrogens is 347 g/mol. The van der Waals surface area contributed by atoms with Crippen molar-refractivity contribution in [3.8, 4) is 0 Å². The van der Waals surface area contributed by atoms with Crippen LogP contribution in [0.5, 0.6) is 0 Å². The Morgan fingerprint density at radius 1 is 1.30 bits per heavy atom. The van der Waals surface area contributed by atoms with E-state index in [2.05, 4.69) is 0 Å². The van der Waals surface area contributed by atoms with Crippen molar-refractivity contribution in [3.05, 3.63) is 23.8 Å². The molecule has 0 unspecified atom stereocenters. The summed E-state index contributed by atoms with van der Waals surface area (Å²) >= 11 is 0. The van der Waals surface area contributed by atoms with Crippen molar-refractivity contribution < 1.29 is 24.2 Å². The third kappa shape index (κ3) is 2.00. The molecule has 27 heavy (non-hydrogen) atoms. The molecule has 0 amide bonds. The Hall–Kier alpha value is -1.33. The Morgan fingerprint density at radius 2 is 1.96 bits per heavy atom. The zero-order valence-corrected chi connectivity index (χ0v) is 16.5. The van der Waals surface area contributed by atoms with Gasteiger partial charge < -0.3 is 10.2 Å². The highest BCUT2D eigenvalue weighted by Gasteiger charge is 2.74. The van der Waals surface area contributed by atoms with Crippen LogP contribution < -0.4 is 0 Å². The summed E-state index contributed by atoms with van der Waals surface area (Å²) in [5.41, 5.74) is -4.59. The summed E-state index contributed by atoms with van der Waals surface area (Å²) in [6, 6.07) is 0. The summed E-state index contributed by atoms with van der Waals surface area (Å²) in [5.74, 6) is -1.11. The van der Waals surface area contributed by atoms with Crippen molar-refractivity contribution in [2.24, 2.45) is 28.6 Å². The first-order valence-corrected chi connectivity index (χ1v) is 9.97. The normalized spacial score (nSPS) is 54.0. The monoisotopic (exact) mass is 376 g/mol. The molecule has 148 valence electrons. The van der Waals surface area contributed by atoms with Gasteiger partial charge in [-0.3, -0.25) is 9.59 Å². The second-order valence-electron chi connectivity index (χ2n) is 9.75. The van der Waals surface area contributed by atoms with Gasteiger partial charge in [-0.1, -0.05) is 25.5 Å². The first-order chi connectivity index (χ1) is 12.4. The molecule has 4 aliphatic carbocycles. The fraction of sp³-hybridized carbons (Fsp3) is 0.727. The molecule has 4 nitrogen and oxygen atoms in total. The summed E-state index contributed by atoms with van der Waals surface area (Å²) < 4.78 is 16.9. The zero-order chi connectivity index (χ0) is 20.0. The van der Waals surface area contributed by atoms with E-state index in [0.717, 1.165) is 5.57 Å². The number of alkyl halides is 1. The quantitative estimate of drug-likeness (QED) is 0.738. The number of carbonyl (C=O) groups excluding carboxylic acids is 2. The minimum Gasteiger partial charge on any atom is -0.390 e. The summed E-state index contributed by atoms with van der Waals surface area (Å²) in [7, 11) is 0. The maximum absolute atomic E-state index is 16.9. The highest BCUT2D eigenvalue weighted by Crippen LogP contribution is 2.70. The standard InChI is InChI=1S/C22H29FO4/c1-12-9-17-15-6-8-21(27,13(2)24)20(15,4)11-18(26)22(17,23)19(3)7-5-14(25)10-16(12)19/h5,7,10,12,15,17-18,26-27H,6,8-9,11H2,1-4H3/t12-,15-,17-,18-,19-,20-,21-,22+/m0/s1. The number of aliphatic hydroxyl groups is 2. The highest BCUT2D eigenvalue weighted by molar-refractivity contribution is 6.01. The summed E-state index contributed by atoms with van der Waals surface area (Å²) in [4.78, 5) is 24.2. The lowest BCUT2D eigenvalue weighted by Crippen LogP contribution is -2.69. The largest absolute Gasteiger partial charge is 0.390 e. The average molecular weight is 376 g/mol. The second kappa shape index (κ2) is 5.38. The van der Waals surface area contributed by atoms with E-state index in [1.807, 2.05) is 13.8 Å². The van der Waals surface area contributed by atoms with Crippen molar-refractivity contribution in [3.63, 3.8) is 0 Å². The van der Waals surface area contributed by atoms with E-state index >= 15 is 4.39 Å². The molecule has 0 bridgehead atoms. The van der Waals surface area contributed by atoms with Crippen LogP contribution in [0.3, 0.4) is 0 Å². The van der Waals surface area contributed by atoms with Crippen LogP contribution in [0.1, 0.15) is 53.4 Å². The van der Waals surface area contributed by atoms with Crippen molar-refractivity contribution in [2.45, 2.75) is 70.8 Å². The van der Waals surface area contributed by atoms with Crippen molar-refractivity contribution >= 4 is 11.6 Å². The van der Waals surface area contributed by atoms with Crippen LogP contribution in [0.2, 0.25) is 0 Å². The van der Waals surface area contributed by atoms with E-state index in [1.54, 1.807) is 13.0 Å². The van der Waals surface area contributed by atoms with E-state index in [9.17, 15) is 19.8 Å². The topological polar surface area (TPSA) is 74.6 Å². The Kier molecular flexibility index (Phi) is 3.79. The molecule has 4 aliphatic rings. The molecule has 0 aromatic heterocycles. The Bertz CT molecular complexity index is 787. The minimum absolute atomic E-state index is 0.00153. The molecular formula is C22H29FO4. The van der Waals surface area contributed by atoms with Gasteiger partial charge in [0, 0.05) is 16.7 Å². The van der Waals surface area contributed by atoms with Crippen LogP contribution in [-0.4, -0.2) is 39.2 Å². The van der Waals surface area contributed by atoms with E-state index in [4.69, 9.17) is 0 Å². The molecule has 3 saturated carbocycles. The molecule has 0 saturated heterocycles. The molecule has 0 aromatic carbocycles. The van der Waals surface area contributed by atoms with Gasteiger partial charge in [0.15, 0.2) is 17.2 Å². The Labute approximate surface area is 159 Å². The van der Waals surface area contributed by atoms with Crippen LogP contribution in [0.25, 0.3) is 0 Å². The molecule has 5 heteroatoms. The first-order valence-electron chi connectivity index (χ1n) is 9.97. The van der Waals surface area contributed by atoms with Gasteiger partial charge in [-0.15, -0.1) is 0 Å². The number of carbonyl (C=O) groups is 2. The van der Waals surface area contributed by atoms with Crippen molar-refractivity contribution in [1.82, 2.24) is 0 Å². The molecule has 0 heterocycles. The van der Waals surface area contributed by atoms with E-state index in [0.29, 0.717) is 19.3 Å². The maximum atomic E-state index is 16.9. The molecule has 0 radical (unpaired) electrons. The number of hydrogen-bond donors (Lipinski definition) is 2. The second-order valence-corrected chi connectivity index (χ2v) is 9.75. The van der Waals surface area contributed by atoms with Gasteiger partial charge in [0.1, 0.15) is 5.60 Å². The molecule has 3 fully saturated rings. The molecule has 2 N–H and O–H groups in total. The van der Waals surface area contributed by atoms with E-state index in [1.165, 1.54) is 19.1 Å². The van der Waals surface area contributed by atoms with Crippen LogP contribution in [0, 0.1) is 28.6 Å². The molecule has 8 atom stereocenters. The van der Waals surface area contributed by atoms with Gasteiger partial charge >= 0.3 is 0 Å². The third-order valence-corrected chi connectivity index (χ3v) is 8.70.